The highest BCUT2D eigenvalue weighted by molar-refractivity contribution is 5.89. The van der Waals surface area contributed by atoms with Crippen molar-refractivity contribution < 1.29 is 37.4 Å². The number of amides is 2. The van der Waals surface area contributed by atoms with E-state index in [1.807, 2.05) is 0 Å². The van der Waals surface area contributed by atoms with Crippen molar-refractivity contribution in [3.05, 3.63) is 0 Å². The fraction of sp³-hybridized carbons (Fsp3) is 0.800. The Labute approximate surface area is 142 Å². The van der Waals surface area contributed by atoms with Crippen LogP contribution in [0.5, 0.6) is 0 Å². The molecule has 2 aliphatic heterocycles. The second-order valence-corrected chi connectivity index (χ2v) is 6.31. The van der Waals surface area contributed by atoms with Crippen LogP contribution in [0.3, 0.4) is 0 Å². The van der Waals surface area contributed by atoms with Crippen LogP contribution in [0.15, 0.2) is 0 Å². The van der Waals surface area contributed by atoms with E-state index in [1.165, 1.54) is 4.90 Å². The van der Waals surface area contributed by atoms with Gasteiger partial charge < -0.3 is 19.6 Å². The van der Waals surface area contributed by atoms with E-state index in [0.29, 0.717) is 31.0 Å². The van der Waals surface area contributed by atoms with Crippen LogP contribution in [0.4, 0.5) is 13.2 Å². The molecule has 0 aromatic carbocycles. The highest BCUT2D eigenvalue weighted by atomic mass is 19.4. The van der Waals surface area contributed by atoms with Gasteiger partial charge >= 0.3 is 12.1 Å². The maximum absolute atomic E-state index is 12.7. The van der Waals surface area contributed by atoms with Gasteiger partial charge in [0.05, 0.1) is 12.3 Å². The molecular weight excluding hydrogens is 345 g/mol. The van der Waals surface area contributed by atoms with Gasteiger partial charge in [0, 0.05) is 38.8 Å². The predicted molar refractivity (Wildman–Crippen MR) is 78.5 cm³/mol. The van der Waals surface area contributed by atoms with Crippen LogP contribution in [0.2, 0.25) is 0 Å². The van der Waals surface area contributed by atoms with Crippen molar-refractivity contribution in [2.45, 2.75) is 37.9 Å². The molecule has 0 spiro atoms. The Morgan fingerprint density at radius 1 is 1.28 bits per heavy atom. The van der Waals surface area contributed by atoms with Crippen LogP contribution in [0.1, 0.15) is 25.7 Å². The van der Waals surface area contributed by atoms with E-state index in [1.54, 1.807) is 0 Å². The van der Waals surface area contributed by atoms with Crippen molar-refractivity contribution in [3.63, 3.8) is 0 Å². The molecule has 2 saturated heterocycles. The lowest BCUT2D eigenvalue weighted by Crippen LogP contribution is -2.47. The Hall–Kier alpha value is -1.84. The fourth-order valence-corrected chi connectivity index (χ4v) is 3.23. The normalized spacial score (nSPS) is 22.3. The molecular formula is C15H21F3N2O5. The van der Waals surface area contributed by atoms with Crippen molar-refractivity contribution in [1.82, 2.24) is 9.80 Å². The topological polar surface area (TPSA) is 87.2 Å². The Bertz CT molecular complexity index is 520. The quantitative estimate of drug-likeness (QED) is 0.754. The predicted octanol–water partition coefficient (Wildman–Crippen LogP) is 0.879. The molecule has 0 aromatic rings. The molecule has 142 valence electrons. The van der Waals surface area contributed by atoms with E-state index in [0.717, 1.165) is 0 Å². The van der Waals surface area contributed by atoms with Gasteiger partial charge in [0.2, 0.25) is 11.8 Å². The van der Waals surface area contributed by atoms with Crippen LogP contribution >= 0.6 is 0 Å². The number of hydrogen-bond donors (Lipinski definition) is 1. The first-order valence-corrected chi connectivity index (χ1v) is 8.12. The van der Waals surface area contributed by atoms with Gasteiger partial charge in [-0.3, -0.25) is 14.4 Å². The van der Waals surface area contributed by atoms with Crippen molar-refractivity contribution in [1.29, 1.82) is 0 Å². The molecule has 1 atom stereocenters. The first-order valence-electron chi connectivity index (χ1n) is 8.12. The zero-order chi connectivity index (χ0) is 18.6. The number of carboxylic acid groups (broad SMARTS) is 1. The van der Waals surface area contributed by atoms with Crippen LogP contribution in [0.25, 0.3) is 0 Å². The lowest BCUT2D eigenvalue weighted by atomic mass is 10.0. The van der Waals surface area contributed by atoms with E-state index in [-0.39, 0.29) is 32.0 Å². The molecule has 0 aliphatic carbocycles. The first-order chi connectivity index (χ1) is 11.7. The number of likely N-dealkylation sites (tertiary alicyclic amines) is 1. The van der Waals surface area contributed by atoms with Crippen LogP contribution in [-0.4, -0.2) is 77.8 Å². The van der Waals surface area contributed by atoms with Gasteiger partial charge in [-0.1, -0.05) is 0 Å². The van der Waals surface area contributed by atoms with E-state index < -0.39 is 36.4 Å². The summed E-state index contributed by atoms with van der Waals surface area (Å²) in [5.74, 6) is -3.09. The highest BCUT2D eigenvalue weighted by Crippen LogP contribution is 2.27. The van der Waals surface area contributed by atoms with Gasteiger partial charge in [-0.05, 0) is 12.8 Å². The lowest BCUT2D eigenvalue weighted by molar-refractivity contribution is -0.157. The summed E-state index contributed by atoms with van der Waals surface area (Å²) in [6.07, 6.45) is -3.97. The third kappa shape index (κ3) is 5.58. The Kier molecular flexibility index (Phi) is 6.26. The number of hydrogen-bond acceptors (Lipinski definition) is 4. The molecule has 0 aromatic heterocycles. The monoisotopic (exact) mass is 366 g/mol. The average molecular weight is 366 g/mol. The van der Waals surface area contributed by atoms with E-state index >= 15 is 0 Å². The van der Waals surface area contributed by atoms with Crippen LogP contribution in [-0.2, 0) is 19.1 Å². The van der Waals surface area contributed by atoms with Crippen molar-refractivity contribution >= 4 is 17.8 Å². The Morgan fingerprint density at radius 2 is 1.92 bits per heavy atom. The van der Waals surface area contributed by atoms with Gasteiger partial charge in [-0.15, -0.1) is 0 Å². The fourth-order valence-electron chi connectivity index (χ4n) is 3.23. The molecule has 7 nitrogen and oxygen atoms in total. The van der Waals surface area contributed by atoms with Gasteiger partial charge in [0.15, 0.2) is 0 Å². The van der Waals surface area contributed by atoms with Gasteiger partial charge in [0.25, 0.3) is 0 Å². The maximum Gasteiger partial charge on any atom is 0.406 e. The average Bonchev–Trinajstić information content (AvgIpc) is 2.87. The van der Waals surface area contributed by atoms with Gasteiger partial charge in [0.1, 0.15) is 6.54 Å². The number of nitrogens with zero attached hydrogens (tertiary/aromatic N) is 2. The minimum absolute atomic E-state index is 0.0250. The summed E-state index contributed by atoms with van der Waals surface area (Å²) in [4.78, 5) is 37.4. The van der Waals surface area contributed by atoms with E-state index in [9.17, 15) is 27.6 Å². The minimum Gasteiger partial charge on any atom is -0.481 e. The molecule has 1 unspecified atom stereocenters. The number of halogens is 3. The van der Waals surface area contributed by atoms with Crippen LogP contribution < -0.4 is 0 Å². The summed E-state index contributed by atoms with van der Waals surface area (Å²) in [5, 5.41) is 8.87. The first kappa shape index (κ1) is 19.5. The SMILES string of the molecule is O=C(O)CCN(C(=O)C1CC(=O)N(CC(F)(F)F)C1)C1CCOCC1. The second-order valence-electron chi connectivity index (χ2n) is 6.31. The summed E-state index contributed by atoms with van der Waals surface area (Å²) >= 11 is 0. The van der Waals surface area contributed by atoms with Crippen molar-refractivity contribution in [3.8, 4) is 0 Å². The summed E-state index contributed by atoms with van der Waals surface area (Å²) in [7, 11) is 0. The summed E-state index contributed by atoms with van der Waals surface area (Å²) in [5.41, 5.74) is 0. The Balaban J connectivity index is 2.04. The molecule has 0 radical (unpaired) electrons. The standard InChI is InChI=1S/C15H21F3N2O5/c16-15(17,18)9-19-8-10(7-12(19)21)14(24)20(4-1-13(22)23)11-2-5-25-6-3-11/h10-11H,1-9H2,(H,22,23). The molecule has 2 aliphatic rings. The smallest absolute Gasteiger partial charge is 0.406 e. The number of alkyl halides is 3. The highest BCUT2D eigenvalue weighted by Gasteiger charge is 2.42. The zero-order valence-electron chi connectivity index (χ0n) is 13.6. The number of carboxylic acids is 1. The Morgan fingerprint density at radius 3 is 2.48 bits per heavy atom. The summed E-state index contributed by atoms with van der Waals surface area (Å²) in [6.45, 7) is -0.814. The molecule has 2 rings (SSSR count). The molecule has 2 heterocycles. The number of carbonyl (C=O) groups is 3. The van der Waals surface area contributed by atoms with Crippen molar-refractivity contribution in [2.24, 2.45) is 5.92 Å². The number of rotatable bonds is 6. The van der Waals surface area contributed by atoms with Crippen LogP contribution in [0, 0.1) is 5.92 Å². The number of carbonyl (C=O) groups excluding carboxylic acids is 2. The molecule has 0 saturated carbocycles. The third-order valence-electron chi connectivity index (χ3n) is 4.42. The third-order valence-corrected chi connectivity index (χ3v) is 4.42. The molecule has 25 heavy (non-hydrogen) atoms. The lowest BCUT2D eigenvalue weighted by Gasteiger charge is -2.35. The van der Waals surface area contributed by atoms with Gasteiger partial charge in [-0.25, -0.2) is 0 Å². The molecule has 1 N–H and O–H groups in total. The second kappa shape index (κ2) is 8.03. The van der Waals surface area contributed by atoms with Gasteiger partial charge in [-0.2, -0.15) is 13.2 Å². The van der Waals surface area contributed by atoms with Crippen molar-refractivity contribution in [2.75, 3.05) is 32.8 Å². The summed E-state index contributed by atoms with van der Waals surface area (Å²) in [6, 6.07) is -0.215. The van der Waals surface area contributed by atoms with E-state index in [2.05, 4.69) is 0 Å². The summed E-state index contributed by atoms with van der Waals surface area (Å²) < 4.78 is 42.7. The minimum atomic E-state index is -4.52. The molecule has 10 heteroatoms. The zero-order valence-corrected chi connectivity index (χ0v) is 13.6. The molecule has 0 bridgehead atoms. The van der Waals surface area contributed by atoms with E-state index in [4.69, 9.17) is 9.84 Å². The molecule has 2 fully saturated rings. The molecule has 2 amide bonds. The maximum atomic E-state index is 12.7. The number of aliphatic carboxylic acids is 1. The number of ether oxygens (including phenoxy) is 1. The largest absolute Gasteiger partial charge is 0.481 e.